The Labute approximate surface area is 243 Å². The number of imidazole rings is 1. The molecule has 1 aliphatic rings. The highest BCUT2D eigenvalue weighted by Gasteiger charge is 2.32. The number of nitrogen functional groups attached to an aromatic ring is 1. The van der Waals surface area contributed by atoms with Crippen LogP contribution in [-0.2, 0) is 16.0 Å². The van der Waals surface area contributed by atoms with E-state index >= 15 is 4.39 Å². The number of amides is 2. The Morgan fingerprint density at radius 2 is 2.05 bits per heavy atom. The Kier molecular flexibility index (Phi) is 8.87. The number of hydrogen-bond donors (Lipinski definition) is 2. The van der Waals surface area contributed by atoms with Crippen LogP contribution in [0, 0.1) is 5.82 Å². The number of fused-ring (bicyclic) bond motifs is 1. The largest absolute Gasteiger partial charge is 0.382 e. The third-order valence-corrected chi connectivity index (χ3v) is 7.31. The van der Waals surface area contributed by atoms with Gasteiger partial charge < -0.3 is 20.7 Å². The number of halogens is 1. The molecule has 1 fully saturated rings. The molecular formula is C31H34FN7O3. The Hall–Kier alpha value is -4.64. The van der Waals surface area contributed by atoms with Gasteiger partial charge in [-0.15, -0.1) is 0 Å². The predicted octanol–water partition coefficient (Wildman–Crippen LogP) is 4.97. The lowest BCUT2D eigenvalue weighted by Crippen LogP contribution is -2.38. The molecule has 0 aliphatic carbocycles. The minimum atomic E-state index is -0.711. The molecule has 1 saturated heterocycles. The average Bonchev–Trinajstić information content (AvgIpc) is 3.38. The first kappa shape index (κ1) is 28.9. The summed E-state index contributed by atoms with van der Waals surface area (Å²) < 4.78 is 22.3. The summed E-state index contributed by atoms with van der Waals surface area (Å²) in [5.41, 5.74) is 8.58. The van der Waals surface area contributed by atoms with Gasteiger partial charge in [-0.05, 0) is 55.5 Å². The minimum Gasteiger partial charge on any atom is -0.382 e. The van der Waals surface area contributed by atoms with Crippen molar-refractivity contribution in [3.63, 3.8) is 0 Å². The quantitative estimate of drug-likeness (QED) is 0.271. The van der Waals surface area contributed by atoms with E-state index in [1.807, 2.05) is 10.5 Å². The SMILES string of the molecule is CCCc1ccnc(NC(=O)c2ccc(-c3nc(C4CCCCN4C(=O)/C=C/COC)n4ccnc(N)c34)cc2F)c1. The van der Waals surface area contributed by atoms with Crippen LogP contribution in [-0.4, -0.2) is 56.3 Å². The third kappa shape index (κ3) is 6.01. The number of carbonyl (C=O) groups is 2. The van der Waals surface area contributed by atoms with Gasteiger partial charge in [0.25, 0.3) is 5.91 Å². The molecule has 218 valence electrons. The zero-order valence-electron chi connectivity index (χ0n) is 23.7. The molecule has 4 aromatic rings. The summed E-state index contributed by atoms with van der Waals surface area (Å²) in [6.45, 7) is 2.99. The average molecular weight is 572 g/mol. The summed E-state index contributed by atoms with van der Waals surface area (Å²) in [6, 6.07) is 7.69. The fourth-order valence-corrected chi connectivity index (χ4v) is 5.35. The second-order valence-electron chi connectivity index (χ2n) is 10.2. The molecule has 1 aliphatic heterocycles. The van der Waals surface area contributed by atoms with Gasteiger partial charge in [-0.25, -0.2) is 19.3 Å². The molecule has 0 bridgehead atoms. The number of aromatic nitrogens is 4. The van der Waals surface area contributed by atoms with Gasteiger partial charge in [-0.1, -0.05) is 25.5 Å². The lowest BCUT2D eigenvalue weighted by atomic mass is 10.0. The maximum absolute atomic E-state index is 15.4. The number of likely N-dealkylation sites (tertiary alicyclic amines) is 1. The van der Waals surface area contributed by atoms with Crippen LogP contribution in [0.3, 0.4) is 0 Å². The Bertz CT molecular complexity index is 1630. The zero-order valence-corrected chi connectivity index (χ0v) is 23.7. The minimum absolute atomic E-state index is 0.122. The van der Waals surface area contributed by atoms with E-state index in [9.17, 15) is 9.59 Å². The number of piperidine rings is 1. The van der Waals surface area contributed by atoms with Crippen LogP contribution in [0.15, 0.2) is 61.1 Å². The predicted molar refractivity (Wildman–Crippen MR) is 158 cm³/mol. The Morgan fingerprint density at radius 1 is 1.19 bits per heavy atom. The third-order valence-electron chi connectivity index (χ3n) is 7.31. The first-order chi connectivity index (χ1) is 20.4. The van der Waals surface area contributed by atoms with Crippen molar-refractivity contribution < 1.29 is 18.7 Å². The molecule has 1 unspecified atom stereocenters. The monoisotopic (exact) mass is 571 g/mol. The van der Waals surface area contributed by atoms with Gasteiger partial charge in [0, 0.05) is 43.9 Å². The summed E-state index contributed by atoms with van der Waals surface area (Å²) >= 11 is 0. The van der Waals surface area contributed by atoms with Crippen molar-refractivity contribution in [2.24, 2.45) is 0 Å². The van der Waals surface area contributed by atoms with Crippen molar-refractivity contribution in [1.82, 2.24) is 24.3 Å². The maximum Gasteiger partial charge on any atom is 0.259 e. The number of ether oxygens (including phenoxy) is 1. The van der Waals surface area contributed by atoms with Gasteiger partial charge in [-0.3, -0.25) is 14.0 Å². The summed E-state index contributed by atoms with van der Waals surface area (Å²) in [5, 5.41) is 2.69. The number of benzene rings is 1. The molecule has 1 aromatic carbocycles. The van der Waals surface area contributed by atoms with Gasteiger partial charge >= 0.3 is 0 Å². The zero-order chi connectivity index (χ0) is 29.6. The number of rotatable bonds is 9. The van der Waals surface area contributed by atoms with Crippen LogP contribution in [0.4, 0.5) is 16.0 Å². The molecule has 2 amide bonds. The molecule has 1 atom stereocenters. The number of methoxy groups -OCH3 is 1. The molecule has 3 N–H and O–H groups in total. The Morgan fingerprint density at radius 3 is 2.83 bits per heavy atom. The molecule has 5 rings (SSSR count). The van der Waals surface area contributed by atoms with Crippen LogP contribution in [0.2, 0.25) is 0 Å². The topological polar surface area (TPSA) is 128 Å². The second kappa shape index (κ2) is 12.9. The van der Waals surface area contributed by atoms with Crippen molar-refractivity contribution in [1.29, 1.82) is 0 Å². The lowest BCUT2D eigenvalue weighted by Gasteiger charge is -2.34. The van der Waals surface area contributed by atoms with E-state index in [2.05, 4.69) is 22.2 Å². The molecule has 0 radical (unpaired) electrons. The van der Waals surface area contributed by atoms with E-state index in [0.29, 0.717) is 48.0 Å². The number of nitrogens with two attached hydrogens (primary N) is 1. The summed E-state index contributed by atoms with van der Waals surface area (Å²) in [4.78, 5) is 41.1. The van der Waals surface area contributed by atoms with E-state index in [1.165, 1.54) is 18.2 Å². The molecule has 42 heavy (non-hydrogen) atoms. The van der Waals surface area contributed by atoms with E-state index in [-0.39, 0.29) is 23.3 Å². The summed E-state index contributed by atoms with van der Waals surface area (Å²) in [7, 11) is 1.57. The highest BCUT2D eigenvalue weighted by molar-refractivity contribution is 6.04. The van der Waals surface area contributed by atoms with Gasteiger partial charge in [-0.2, -0.15) is 0 Å². The van der Waals surface area contributed by atoms with Crippen LogP contribution in [0.5, 0.6) is 0 Å². The first-order valence-corrected chi connectivity index (χ1v) is 14.1. The van der Waals surface area contributed by atoms with Crippen molar-refractivity contribution in [2.75, 3.05) is 31.3 Å². The lowest BCUT2D eigenvalue weighted by molar-refractivity contribution is -0.130. The van der Waals surface area contributed by atoms with Crippen LogP contribution < -0.4 is 11.1 Å². The number of aryl methyl sites for hydroxylation is 1. The molecule has 4 heterocycles. The fourth-order valence-electron chi connectivity index (χ4n) is 5.35. The normalized spacial score (nSPS) is 15.4. The van der Waals surface area contributed by atoms with Crippen molar-refractivity contribution in [3.05, 3.63) is 83.8 Å². The van der Waals surface area contributed by atoms with E-state index in [0.717, 1.165) is 31.2 Å². The second-order valence-corrected chi connectivity index (χ2v) is 10.2. The summed E-state index contributed by atoms with van der Waals surface area (Å²) in [5.74, 6) is -0.245. The summed E-state index contributed by atoms with van der Waals surface area (Å²) in [6.07, 6.45) is 12.5. The highest BCUT2D eigenvalue weighted by atomic mass is 19.1. The number of hydrogen-bond acceptors (Lipinski definition) is 7. The highest BCUT2D eigenvalue weighted by Crippen LogP contribution is 2.36. The molecule has 10 nitrogen and oxygen atoms in total. The molecule has 0 saturated carbocycles. The van der Waals surface area contributed by atoms with Crippen molar-refractivity contribution in [2.45, 2.75) is 45.1 Å². The fraction of sp³-hybridized carbons (Fsp3) is 0.323. The number of nitrogens with zero attached hydrogens (tertiary/aromatic N) is 5. The number of carbonyl (C=O) groups excluding carboxylic acids is 2. The molecular weight excluding hydrogens is 537 g/mol. The smallest absolute Gasteiger partial charge is 0.259 e. The van der Waals surface area contributed by atoms with E-state index in [1.54, 1.807) is 48.8 Å². The molecule has 11 heteroatoms. The van der Waals surface area contributed by atoms with Crippen molar-refractivity contribution >= 4 is 29.0 Å². The van der Waals surface area contributed by atoms with Crippen LogP contribution in [0.25, 0.3) is 16.8 Å². The van der Waals surface area contributed by atoms with Crippen molar-refractivity contribution in [3.8, 4) is 11.3 Å². The van der Waals surface area contributed by atoms with E-state index in [4.69, 9.17) is 15.5 Å². The Balaban J connectivity index is 1.48. The van der Waals surface area contributed by atoms with Crippen LogP contribution in [0.1, 0.15) is 60.4 Å². The van der Waals surface area contributed by atoms with E-state index < -0.39 is 11.7 Å². The van der Waals surface area contributed by atoms with Gasteiger partial charge in [0.15, 0.2) is 0 Å². The molecule has 3 aromatic heterocycles. The van der Waals surface area contributed by atoms with Gasteiger partial charge in [0.05, 0.1) is 18.2 Å². The van der Waals surface area contributed by atoms with Gasteiger partial charge in [0.1, 0.15) is 34.5 Å². The first-order valence-electron chi connectivity index (χ1n) is 14.1. The number of pyridine rings is 1. The van der Waals surface area contributed by atoms with Gasteiger partial charge in [0.2, 0.25) is 5.91 Å². The number of anilines is 2. The van der Waals surface area contributed by atoms with Crippen LogP contribution >= 0.6 is 0 Å². The standard InChI is InChI=1S/C31H34FN7O3/c1-3-7-20-12-13-34-25(18-20)36-31(41)22-11-10-21(19-23(22)32)27-28-29(33)35-14-16-39(28)30(37-27)24-8-4-5-15-38(24)26(40)9-6-17-42-2/h6,9-14,16,18-19,24H,3-5,7-8,15,17H2,1-2H3,(H2,33,35)(H,34,36,41)/b9-6+. The number of nitrogens with one attached hydrogen (secondary N) is 1. The maximum atomic E-state index is 15.4. The molecule has 0 spiro atoms.